The molecule has 6 nitrogen and oxygen atoms in total. The Morgan fingerprint density at radius 3 is 3.00 bits per heavy atom. The van der Waals surface area contributed by atoms with E-state index < -0.39 is 13.0 Å². The molecule has 0 spiro atoms. The zero-order chi connectivity index (χ0) is 16.0. The van der Waals surface area contributed by atoms with Crippen molar-refractivity contribution in [1.29, 1.82) is 0 Å². The zero-order valence-electron chi connectivity index (χ0n) is 11.7. The number of benzene rings is 1. The van der Waals surface area contributed by atoms with E-state index in [1.54, 1.807) is 29.2 Å². The third-order valence-electron chi connectivity index (χ3n) is 3.57. The summed E-state index contributed by atoms with van der Waals surface area (Å²) in [6.45, 7) is -0.246. The van der Waals surface area contributed by atoms with Crippen molar-refractivity contribution in [3.8, 4) is 22.8 Å². The zero-order valence-corrected chi connectivity index (χ0v) is 12.4. The average molecular weight is 338 g/mol. The van der Waals surface area contributed by atoms with Gasteiger partial charge in [-0.15, -0.1) is 0 Å². The highest BCUT2D eigenvalue weighted by atomic mass is 35.5. The highest BCUT2D eigenvalue weighted by Crippen LogP contribution is 2.34. The van der Waals surface area contributed by atoms with Gasteiger partial charge in [-0.05, 0) is 18.2 Å². The number of fused-ring (bicyclic) bond motifs is 5. The van der Waals surface area contributed by atoms with Crippen LogP contribution in [0.3, 0.4) is 0 Å². The highest BCUT2D eigenvalue weighted by molar-refractivity contribution is 6.30. The van der Waals surface area contributed by atoms with E-state index in [0.717, 1.165) is 11.4 Å². The number of halogens is 3. The van der Waals surface area contributed by atoms with Gasteiger partial charge in [0.25, 0.3) is 6.43 Å². The summed E-state index contributed by atoms with van der Waals surface area (Å²) in [7, 11) is 0. The van der Waals surface area contributed by atoms with Gasteiger partial charge in [-0.3, -0.25) is 4.57 Å². The molecule has 0 aliphatic carbocycles. The number of hydrogen-bond acceptors (Lipinski definition) is 4. The first-order valence-electron chi connectivity index (χ1n) is 6.79. The summed E-state index contributed by atoms with van der Waals surface area (Å²) in [6.07, 6.45) is 0.519. The number of rotatable bonds is 3. The number of hydrogen-bond donors (Lipinski definition) is 0. The van der Waals surface area contributed by atoms with E-state index in [4.69, 9.17) is 16.3 Å². The molecule has 0 fully saturated rings. The summed E-state index contributed by atoms with van der Waals surface area (Å²) < 4.78 is 33.3. The van der Waals surface area contributed by atoms with Crippen molar-refractivity contribution in [2.45, 2.75) is 13.0 Å². The first kappa shape index (κ1) is 14.1. The molecule has 9 heteroatoms. The summed E-state index contributed by atoms with van der Waals surface area (Å²) in [5.74, 6) is 0.954. The van der Waals surface area contributed by atoms with Gasteiger partial charge in [-0.1, -0.05) is 11.6 Å². The molecule has 1 aromatic carbocycles. The first-order valence-corrected chi connectivity index (χ1v) is 7.16. The van der Waals surface area contributed by atoms with Crippen LogP contribution < -0.4 is 4.74 Å². The third-order valence-corrected chi connectivity index (χ3v) is 3.89. The van der Waals surface area contributed by atoms with E-state index in [0.29, 0.717) is 28.8 Å². The lowest BCUT2D eigenvalue weighted by Gasteiger charge is -2.11. The van der Waals surface area contributed by atoms with Crippen LogP contribution in [-0.4, -0.2) is 37.3 Å². The quantitative estimate of drug-likeness (QED) is 0.577. The second-order valence-corrected chi connectivity index (χ2v) is 5.33. The predicted molar refractivity (Wildman–Crippen MR) is 78.2 cm³/mol. The minimum atomic E-state index is -2.53. The van der Waals surface area contributed by atoms with Crippen molar-refractivity contribution in [3.63, 3.8) is 0 Å². The van der Waals surface area contributed by atoms with Crippen LogP contribution in [0.15, 0.2) is 30.9 Å². The predicted octanol–water partition coefficient (Wildman–Crippen LogP) is 2.79. The lowest BCUT2D eigenvalue weighted by atomic mass is 10.1. The lowest BCUT2D eigenvalue weighted by molar-refractivity contribution is 0.0819. The number of ether oxygens (including phenoxy) is 1. The number of nitrogens with zero attached hydrogens (tertiary/aromatic N) is 5. The topological polar surface area (TPSA) is 57.8 Å². The summed E-state index contributed by atoms with van der Waals surface area (Å²) in [5, 5.41) is 4.57. The van der Waals surface area contributed by atoms with Crippen molar-refractivity contribution in [2.75, 3.05) is 6.61 Å². The fourth-order valence-electron chi connectivity index (χ4n) is 2.58. The number of imidazole rings is 1. The standard InChI is InChI=1S/C14H10ClF2N5O/c15-13-11-4-22-14(18-6-20-22)9-3-8(23-5-12(16)17)1-2-10(9)21(11)7-19-13/h1-3,6-7,12H,4-5H2. The summed E-state index contributed by atoms with van der Waals surface area (Å²) in [4.78, 5) is 8.37. The van der Waals surface area contributed by atoms with E-state index >= 15 is 0 Å². The Morgan fingerprint density at radius 2 is 2.17 bits per heavy atom. The van der Waals surface area contributed by atoms with Crippen molar-refractivity contribution >= 4 is 11.6 Å². The Kier molecular flexibility index (Phi) is 3.26. The van der Waals surface area contributed by atoms with Gasteiger partial charge in [0.15, 0.2) is 11.0 Å². The van der Waals surface area contributed by atoms with Crippen molar-refractivity contribution in [1.82, 2.24) is 24.3 Å². The maximum Gasteiger partial charge on any atom is 0.272 e. The molecule has 0 saturated heterocycles. The van der Waals surface area contributed by atoms with Crippen molar-refractivity contribution < 1.29 is 13.5 Å². The van der Waals surface area contributed by atoms with E-state index in [2.05, 4.69) is 15.1 Å². The van der Waals surface area contributed by atoms with Crippen LogP contribution in [0.5, 0.6) is 5.75 Å². The first-order chi connectivity index (χ1) is 11.1. The van der Waals surface area contributed by atoms with Gasteiger partial charge in [-0.25, -0.2) is 23.4 Å². The van der Waals surface area contributed by atoms with Crippen LogP contribution in [0.1, 0.15) is 5.69 Å². The summed E-state index contributed by atoms with van der Waals surface area (Å²) >= 11 is 6.14. The summed E-state index contributed by atoms with van der Waals surface area (Å²) in [5.41, 5.74) is 2.27. The van der Waals surface area contributed by atoms with Crippen LogP contribution in [0.25, 0.3) is 17.1 Å². The van der Waals surface area contributed by atoms with E-state index in [-0.39, 0.29) is 0 Å². The molecular weight excluding hydrogens is 328 g/mol. The normalized spacial score (nSPS) is 12.5. The van der Waals surface area contributed by atoms with Gasteiger partial charge in [-0.2, -0.15) is 5.10 Å². The molecule has 0 radical (unpaired) electrons. The van der Waals surface area contributed by atoms with Crippen LogP contribution >= 0.6 is 11.6 Å². The Hall–Kier alpha value is -2.48. The SMILES string of the molecule is FC(F)COc1ccc2c(c1)-c1ncnn1Cc1c(Cl)ncn1-2. The molecule has 3 heterocycles. The van der Waals surface area contributed by atoms with Gasteiger partial charge in [0.1, 0.15) is 25.0 Å². The Balaban J connectivity index is 1.87. The molecule has 118 valence electrons. The summed E-state index contributed by atoms with van der Waals surface area (Å²) in [6, 6.07) is 5.06. The molecule has 0 atom stereocenters. The average Bonchev–Trinajstić information content (AvgIpc) is 3.11. The van der Waals surface area contributed by atoms with Gasteiger partial charge in [0, 0.05) is 5.56 Å². The van der Waals surface area contributed by atoms with Crippen molar-refractivity contribution in [3.05, 3.63) is 41.7 Å². The largest absolute Gasteiger partial charge is 0.488 e. The lowest BCUT2D eigenvalue weighted by Crippen LogP contribution is -2.07. The number of aromatic nitrogens is 5. The van der Waals surface area contributed by atoms with Crippen molar-refractivity contribution in [2.24, 2.45) is 0 Å². The molecule has 23 heavy (non-hydrogen) atoms. The molecule has 0 amide bonds. The number of alkyl halides is 2. The van der Waals surface area contributed by atoms with Crippen LogP contribution in [0, 0.1) is 0 Å². The van der Waals surface area contributed by atoms with Crippen LogP contribution in [0.4, 0.5) is 8.78 Å². The van der Waals surface area contributed by atoms with Gasteiger partial charge in [0.05, 0.1) is 17.9 Å². The van der Waals surface area contributed by atoms with Gasteiger partial charge >= 0.3 is 0 Å². The smallest absolute Gasteiger partial charge is 0.272 e. The molecule has 3 aromatic rings. The maximum atomic E-state index is 12.3. The molecule has 1 aliphatic heterocycles. The fraction of sp³-hybridized carbons (Fsp3) is 0.214. The molecule has 0 bridgehead atoms. The Morgan fingerprint density at radius 1 is 1.30 bits per heavy atom. The molecule has 0 saturated carbocycles. The Bertz CT molecular complexity index is 876. The Labute approximate surface area is 134 Å². The van der Waals surface area contributed by atoms with Gasteiger partial charge in [0.2, 0.25) is 0 Å². The second kappa shape index (κ2) is 5.31. The molecule has 0 unspecified atom stereocenters. The van der Waals surface area contributed by atoms with E-state index in [1.165, 1.54) is 6.33 Å². The molecule has 1 aliphatic rings. The minimum absolute atomic E-state index is 0.341. The highest BCUT2D eigenvalue weighted by Gasteiger charge is 2.23. The van der Waals surface area contributed by atoms with E-state index in [9.17, 15) is 8.78 Å². The van der Waals surface area contributed by atoms with Gasteiger partial charge < -0.3 is 4.74 Å². The van der Waals surface area contributed by atoms with E-state index in [1.807, 2.05) is 4.57 Å². The molecule has 0 N–H and O–H groups in total. The minimum Gasteiger partial charge on any atom is -0.488 e. The monoisotopic (exact) mass is 337 g/mol. The molecular formula is C14H10ClF2N5O. The maximum absolute atomic E-state index is 12.3. The van der Waals surface area contributed by atoms with Crippen LogP contribution in [0.2, 0.25) is 5.15 Å². The second-order valence-electron chi connectivity index (χ2n) is 4.97. The third kappa shape index (κ3) is 2.35. The molecule has 2 aromatic heterocycles. The fourth-order valence-corrected chi connectivity index (χ4v) is 2.78. The van der Waals surface area contributed by atoms with Crippen LogP contribution in [-0.2, 0) is 6.54 Å². The molecule has 4 rings (SSSR count).